The highest BCUT2D eigenvalue weighted by molar-refractivity contribution is 5.81. The first-order valence-electron chi connectivity index (χ1n) is 10.0. The number of alkyl halides is 1. The number of carbonyl (C=O) groups excluding carboxylic acids is 3. The van der Waals surface area contributed by atoms with Crippen molar-refractivity contribution in [3.8, 4) is 5.75 Å². The summed E-state index contributed by atoms with van der Waals surface area (Å²) in [7, 11) is 0. The molecule has 1 saturated heterocycles. The van der Waals surface area contributed by atoms with Crippen LogP contribution < -0.4 is 10.4 Å². The van der Waals surface area contributed by atoms with Gasteiger partial charge in [-0.15, -0.1) is 0 Å². The molecule has 1 aliphatic rings. The van der Waals surface area contributed by atoms with Crippen LogP contribution in [0.15, 0.2) is 33.5 Å². The number of esters is 3. The fourth-order valence-electron chi connectivity index (χ4n) is 3.58. The van der Waals surface area contributed by atoms with E-state index in [1.165, 1.54) is 18.2 Å². The summed E-state index contributed by atoms with van der Waals surface area (Å²) in [5.41, 5.74) is 0.440. The minimum absolute atomic E-state index is 0.215. The summed E-state index contributed by atoms with van der Waals surface area (Å²) >= 11 is 0. The number of halogens is 1. The van der Waals surface area contributed by atoms with Crippen LogP contribution in [0.1, 0.15) is 26.3 Å². The quantitative estimate of drug-likeness (QED) is 0.354. The average Bonchev–Trinajstić information content (AvgIpc) is 2.71. The molecule has 33 heavy (non-hydrogen) atoms. The van der Waals surface area contributed by atoms with Crippen LogP contribution in [0.2, 0.25) is 0 Å². The molecule has 0 aliphatic carbocycles. The van der Waals surface area contributed by atoms with Crippen molar-refractivity contribution in [3.05, 3.63) is 40.2 Å². The minimum Gasteiger partial charge on any atom is -0.461 e. The van der Waals surface area contributed by atoms with E-state index in [1.807, 2.05) is 0 Å². The Hall–Kier alpha value is -3.47. The molecule has 10 nitrogen and oxygen atoms in total. The molecular weight excluding hydrogens is 443 g/mol. The third-order valence-electron chi connectivity index (χ3n) is 4.82. The number of benzene rings is 1. The van der Waals surface area contributed by atoms with Crippen molar-refractivity contribution in [2.24, 2.45) is 0 Å². The summed E-state index contributed by atoms with van der Waals surface area (Å²) in [6.45, 7) is 3.92. The normalized spacial score (nSPS) is 24.7. The lowest BCUT2D eigenvalue weighted by Gasteiger charge is -2.43. The van der Waals surface area contributed by atoms with Crippen LogP contribution in [0.3, 0.4) is 0 Å². The number of carbonyl (C=O) groups is 3. The second kappa shape index (κ2) is 9.99. The van der Waals surface area contributed by atoms with Crippen LogP contribution in [0, 0.1) is 6.92 Å². The zero-order valence-corrected chi connectivity index (χ0v) is 18.4. The Labute approximate surface area is 187 Å². The molecule has 11 heteroatoms. The molecular formula is C22H23FO10. The topological polar surface area (TPSA) is 128 Å². The summed E-state index contributed by atoms with van der Waals surface area (Å²) in [6, 6.07) is 5.85. The maximum absolute atomic E-state index is 13.8. The molecule has 0 bridgehead atoms. The van der Waals surface area contributed by atoms with Gasteiger partial charge >= 0.3 is 23.5 Å². The van der Waals surface area contributed by atoms with E-state index in [-0.39, 0.29) is 5.75 Å². The first-order chi connectivity index (χ1) is 15.6. The number of fused-ring (bicyclic) bond motifs is 1. The van der Waals surface area contributed by atoms with Crippen molar-refractivity contribution in [2.75, 3.05) is 6.67 Å². The highest BCUT2D eigenvalue weighted by Crippen LogP contribution is 2.32. The summed E-state index contributed by atoms with van der Waals surface area (Å²) < 4.78 is 46.1. The third-order valence-corrected chi connectivity index (χ3v) is 4.82. The number of hydrogen-bond acceptors (Lipinski definition) is 10. The molecule has 0 spiro atoms. The van der Waals surface area contributed by atoms with E-state index in [2.05, 4.69) is 0 Å². The van der Waals surface area contributed by atoms with Crippen molar-refractivity contribution in [1.82, 2.24) is 0 Å². The number of ether oxygens (including phenoxy) is 5. The van der Waals surface area contributed by atoms with Gasteiger partial charge in [-0.3, -0.25) is 14.4 Å². The van der Waals surface area contributed by atoms with E-state index >= 15 is 0 Å². The van der Waals surface area contributed by atoms with E-state index in [9.17, 15) is 23.6 Å². The van der Waals surface area contributed by atoms with Gasteiger partial charge in [0.25, 0.3) is 0 Å². The van der Waals surface area contributed by atoms with Gasteiger partial charge < -0.3 is 28.1 Å². The van der Waals surface area contributed by atoms with Crippen LogP contribution in [-0.4, -0.2) is 55.3 Å². The van der Waals surface area contributed by atoms with Crippen LogP contribution in [-0.2, 0) is 33.3 Å². The van der Waals surface area contributed by atoms with Gasteiger partial charge in [0.1, 0.15) is 24.1 Å². The van der Waals surface area contributed by atoms with E-state index in [0.717, 1.165) is 20.8 Å². The van der Waals surface area contributed by atoms with Crippen molar-refractivity contribution >= 4 is 28.9 Å². The van der Waals surface area contributed by atoms with E-state index in [0.29, 0.717) is 16.5 Å². The van der Waals surface area contributed by atoms with Crippen LogP contribution in [0.5, 0.6) is 5.75 Å². The van der Waals surface area contributed by atoms with Gasteiger partial charge in [0.15, 0.2) is 12.2 Å². The molecule has 0 N–H and O–H groups in total. The second-order valence-corrected chi connectivity index (χ2v) is 7.44. The molecule has 2 aromatic rings. The molecule has 3 rings (SSSR count). The molecule has 0 saturated carbocycles. The zero-order valence-electron chi connectivity index (χ0n) is 18.4. The zero-order chi connectivity index (χ0) is 24.3. The lowest BCUT2D eigenvalue weighted by molar-refractivity contribution is -0.285. The predicted octanol–water partition coefficient (Wildman–Crippen LogP) is 1.97. The molecule has 2 unspecified atom stereocenters. The Morgan fingerprint density at radius 3 is 2.15 bits per heavy atom. The van der Waals surface area contributed by atoms with Crippen molar-refractivity contribution in [3.63, 3.8) is 0 Å². The monoisotopic (exact) mass is 466 g/mol. The smallest absolute Gasteiger partial charge is 0.336 e. The summed E-state index contributed by atoms with van der Waals surface area (Å²) in [5.74, 6) is -2.09. The van der Waals surface area contributed by atoms with Gasteiger partial charge in [-0.1, -0.05) is 0 Å². The number of hydrogen-bond donors (Lipinski definition) is 0. The Bertz CT molecular complexity index is 1110. The first-order valence-corrected chi connectivity index (χ1v) is 10.0. The first kappa shape index (κ1) is 24.2. The minimum atomic E-state index is -1.42. The van der Waals surface area contributed by atoms with Gasteiger partial charge in [-0.05, 0) is 30.7 Å². The average molecular weight is 466 g/mol. The fourth-order valence-corrected chi connectivity index (χ4v) is 3.58. The highest BCUT2D eigenvalue weighted by Gasteiger charge is 2.53. The van der Waals surface area contributed by atoms with Crippen LogP contribution >= 0.6 is 0 Å². The summed E-state index contributed by atoms with van der Waals surface area (Å²) in [6.07, 6.45) is -6.94. The Morgan fingerprint density at radius 2 is 1.55 bits per heavy atom. The van der Waals surface area contributed by atoms with E-state index < -0.39 is 60.9 Å². The summed E-state index contributed by atoms with van der Waals surface area (Å²) in [5, 5.41) is 0.573. The van der Waals surface area contributed by atoms with E-state index in [1.54, 1.807) is 13.0 Å². The third kappa shape index (κ3) is 5.67. The molecule has 0 amide bonds. The maximum atomic E-state index is 13.8. The standard InChI is InChI=1S/C22H23FO10/c1-10-7-18(27)32-16-6-5-14(8-15(10)16)31-22-21(30-13(4)26)20(29-12(3)25)19(28-11(2)24)17(9-23)33-22/h5-8,17,19-22H,9H2,1-4H3/t17-,19+,20?,21-,22?/m1/s1. The molecule has 178 valence electrons. The lowest BCUT2D eigenvalue weighted by atomic mass is 9.98. The molecule has 0 radical (unpaired) electrons. The van der Waals surface area contributed by atoms with Crippen molar-refractivity contribution in [1.29, 1.82) is 0 Å². The predicted molar refractivity (Wildman–Crippen MR) is 109 cm³/mol. The van der Waals surface area contributed by atoms with Gasteiger partial charge in [-0.2, -0.15) is 0 Å². The maximum Gasteiger partial charge on any atom is 0.336 e. The molecule has 1 aromatic carbocycles. The van der Waals surface area contributed by atoms with Gasteiger partial charge in [0, 0.05) is 32.2 Å². The molecule has 1 aromatic heterocycles. The van der Waals surface area contributed by atoms with Gasteiger partial charge in [0.05, 0.1) is 0 Å². The van der Waals surface area contributed by atoms with Gasteiger partial charge in [-0.25, -0.2) is 9.18 Å². The Kier molecular flexibility index (Phi) is 7.32. The largest absolute Gasteiger partial charge is 0.461 e. The highest BCUT2D eigenvalue weighted by atomic mass is 19.1. The number of aryl methyl sites for hydroxylation is 1. The lowest BCUT2D eigenvalue weighted by Crippen LogP contribution is -2.63. The van der Waals surface area contributed by atoms with E-state index in [4.69, 9.17) is 28.1 Å². The summed E-state index contributed by atoms with van der Waals surface area (Å²) in [4.78, 5) is 46.7. The second-order valence-electron chi connectivity index (χ2n) is 7.44. The Morgan fingerprint density at radius 1 is 0.939 bits per heavy atom. The van der Waals surface area contributed by atoms with Crippen molar-refractivity contribution < 1.29 is 46.9 Å². The van der Waals surface area contributed by atoms with Crippen molar-refractivity contribution in [2.45, 2.75) is 58.4 Å². The SMILES string of the molecule is CC(=O)OC1[C@@H](OC(C)=O)C(Oc2ccc3oc(=O)cc(C)c3c2)O[C@H](CF)[C@@H]1OC(C)=O. The fraction of sp³-hybridized carbons (Fsp3) is 0.455. The molecule has 1 fully saturated rings. The molecule has 2 heterocycles. The van der Waals surface area contributed by atoms with Crippen LogP contribution in [0.4, 0.5) is 4.39 Å². The molecule has 1 aliphatic heterocycles. The Balaban J connectivity index is 2.00. The van der Waals surface area contributed by atoms with Gasteiger partial charge in [0.2, 0.25) is 12.4 Å². The number of rotatable bonds is 6. The van der Waals surface area contributed by atoms with Crippen LogP contribution in [0.25, 0.3) is 11.0 Å². The molecule has 5 atom stereocenters.